The molecule has 0 bridgehead atoms. The van der Waals surface area contributed by atoms with E-state index in [1.807, 2.05) is 0 Å². The number of nitrogens with zero attached hydrogens (tertiary/aromatic N) is 1. The van der Waals surface area contributed by atoms with E-state index in [2.05, 4.69) is 5.32 Å². The van der Waals surface area contributed by atoms with Crippen molar-refractivity contribution in [1.82, 2.24) is 10.2 Å². The lowest BCUT2D eigenvalue weighted by molar-refractivity contribution is -0.141. The molecule has 0 aliphatic carbocycles. The van der Waals surface area contributed by atoms with Crippen LogP contribution >= 0.6 is 0 Å². The van der Waals surface area contributed by atoms with Crippen molar-refractivity contribution < 1.29 is 19.5 Å². The highest BCUT2D eigenvalue weighted by atomic mass is 16.4. The fourth-order valence-electron chi connectivity index (χ4n) is 1.21. The number of aliphatic carboxylic acids is 1. The molecule has 2 atom stereocenters. The average Bonchev–Trinajstić information content (AvgIpc) is 2.32. The highest BCUT2D eigenvalue weighted by Gasteiger charge is 2.36. The van der Waals surface area contributed by atoms with E-state index in [1.165, 1.54) is 11.8 Å². The Kier molecular flexibility index (Phi) is 2.73. The topological polar surface area (TPSA) is 86.7 Å². The number of hydrogen-bond donors (Lipinski definition) is 2. The van der Waals surface area contributed by atoms with Gasteiger partial charge in [0.1, 0.15) is 6.04 Å². The van der Waals surface area contributed by atoms with E-state index in [9.17, 15) is 14.4 Å². The molecule has 1 aliphatic rings. The molecular formula is C8H12N2O4. The molecule has 1 aliphatic heterocycles. The van der Waals surface area contributed by atoms with Crippen LogP contribution < -0.4 is 5.32 Å². The fraction of sp³-hybridized carbons (Fsp3) is 0.625. The highest BCUT2D eigenvalue weighted by molar-refractivity contribution is 6.04. The van der Waals surface area contributed by atoms with Crippen LogP contribution in [-0.4, -0.2) is 40.5 Å². The van der Waals surface area contributed by atoms with Gasteiger partial charge in [0.2, 0.25) is 0 Å². The zero-order valence-corrected chi connectivity index (χ0v) is 7.98. The molecule has 0 spiro atoms. The van der Waals surface area contributed by atoms with Gasteiger partial charge in [-0.1, -0.05) is 6.92 Å². The summed E-state index contributed by atoms with van der Waals surface area (Å²) in [6.45, 7) is 3.11. The lowest BCUT2D eigenvalue weighted by atomic mass is 10.1. The summed E-state index contributed by atoms with van der Waals surface area (Å²) in [6.07, 6.45) is 0. The SMILES string of the molecule is CC(CN1C(=O)NC(=O)C1C)C(=O)O. The van der Waals surface area contributed by atoms with Crippen LogP contribution in [0.1, 0.15) is 13.8 Å². The zero-order chi connectivity index (χ0) is 10.9. The van der Waals surface area contributed by atoms with Crippen LogP contribution in [-0.2, 0) is 9.59 Å². The standard InChI is InChI=1S/C8H12N2O4/c1-4(7(12)13)3-10-5(2)6(11)9-8(10)14/h4-5H,3H2,1-2H3,(H,12,13)(H,9,11,14). The summed E-state index contributed by atoms with van der Waals surface area (Å²) in [6, 6.07) is -1.10. The second kappa shape index (κ2) is 3.65. The summed E-state index contributed by atoms with van der Waals surface area (Å²) < 4.78 is 0. The Morgan fingerprint density at radius 3 is 2.57 bits per heavy atom. The molecule has 0 aromatic heterocycles. The van der Waals surface area contributed by atoms with Crippen molar-refractivity contribution in [3.8, 4) is 0 Å². The Morgan fingerprint density at radius 2 is 2.21 bits per heavy atom. The van der Waals surface area contributed by atoms with Crippen molar-refractivity contribution in [2.75, 3.05) is 6.54 Å². The summed E-state index contributed by atoms with van der Waals surface area (Å²) in [5.74, 6) is -2.04. The highest BCUT2D eigenvalue weighted by Crippen LogP contribution is 2.10. The van der Waals surface area contributed by atoms with Crippen molar-refractivity contribution in [1.29, 1.82) is 0 Å². The molecule has 1 fully saturated rings. The maximum atomic E-state index is 11.2. The van der Waals surface area contributed by atoms with Crippen LogP contribution in [0, 0.1) is 5.92 Å². The second-order valence-electron chi connectivity index (χ2n) is 3.36. The number of carbonyl (C=O) groups is 3. The van der Waals surface area contributed by atoms with E-state index >= 15 is 0 Å². The van der Waals surface area contributed by atoms with Gasteiger partial charge in [-0.2, -0.15) is 0 Å². The molecule has 0 aromatic carbocycles. The van der Waals surface area contributed by atoms with Crippen molar-refractivity contribution in [2.45, 2.75) is 19.9 Å². The molecule has 0 aromatic rings. The molecule has 1 heterocycles. The first-order valence-electron chi connectivity index (χ1n) is 4.27. The smallest absolute Gasteiger partial charge is 0.324 e. The third-order valence-corrected chi connectivity index (χ3v) is 2.23. The summed E-state index contributed by atoms with van der Waals surface area (Å²) in [5, 5.41) is 10.8. The van der Waals surface area contributed by atoms with Gasteiger partial charge in [0.25, 0.3) is 5.91 Å². The molecule has 6 nitrogen and oxygen atoms in total. The number of rotatable bonds is 3. The van der Waals surface area contributed by atoms with Gasteiger partial charge in [-0.25, -0.2) is 4.79 Å². The number of nitrogens with one attached hydrogen (secondary N) is 1. The first kappa shape index (κ1) is 10.5. The molecular weight excluding hydrogens is 188 g/mol. The quantitative estimate of drug-likeness (QED) is 0.609. The fourth-order valence-corrected chi connectivity index (χ4v) is 1.21. The number of urea groups is 1. The normalized spacial score (nSPS) is 23.6. The van der Waals surface area contributed by atoms with Gasteiger partial charge in [0.05, 0.1) is 5.92 Å². The molecule has 0 radical (unpaired) electrons. The van der Waals surface area contributed by atoms with Crippen molar-refractivity contribution in [2.24, 2.45) is 5.92 Å². The maximum absolute atomic E-state index is 11.2. The Bertz CT molecular complexity index is 289. The van der Waals surface area contributed by atoms with E-state index in [-0.39, 0.29) is 12.5 Å². The number of carbonyl (C=O) groups excluding carboxylic acids is 2. The molecule has 6 heteroatoms. The molecule has 3 amide bonds. The minimum Gasteiger partial charge on any atom is -0.481 e. The van der Waals surface area contributed by atoms with Crippen molar-refractivity contribution in [3.05, 3.63) is 0 Å². The van der Waals surface area contributed by atoms with Gasteiger partial charge in [-0.3, -0.25) is 14.9 Å². The van der Waals surface area contributed by atoms with Gasteiger partial charge in [0.15, 0.2) is 0 Å². The third kappa shape index (κ3) is 1.84. The number of hydrogen-bond acceptors (Lipinski definition) is 3. The predicted molar refractivity (Wildman–Crippen MR) is 46.5 cm³/mol. The van der Waals surface area contributed by atoms with E-state index in [0.717, 1.165) is 0 Å². The average molecular weight is 200 g/mol. The van der Waals surface area contributed by atoms with Crippen LogP contribution in [0.15, 0.2) is 0 Å². The summed E-state index contributed by atoms with van der Waals surface area (Å²) in [7, 11) is 0. The number of carboxylic acid groups (broad SMARTS) is 1. The first-order valence-corrected chi connectivity index (χ1v) is 4.27. The van der Waals surface area contributed by atoms with Crippen LogP contribution in [0.4, 0.5) is 4.79 Å². The van der Waals surface area contributed by atoms with E-state index < -0.39 is 24.0 Å². The minimum atomic E-state index is -0.982. The number of imide groups is 1. The van der Waals surface area contributed by atoms with Crippen LogP contribution in [0.25, 0.3) is 0 Å². The second-order valence-corrected chi connectivity index (χ2v) is 3.36. The van der Waals surface area contributed by atoms with Gasteiger partial charge < -0.3 is 10.0 Å². The van der Waals surface area contributed by atoms with Crippen LogP contribution in [0.3, 0.4) is 0 Å². The Labute approximate surface area is 80.9 Å². The molecule has 2 unspecified atom stereocenters. The Balaban J connectivity index is 2.65. The Hall–Kier alpha value is -1.59. The monoisotopic (exact) mass is 200 g/mol. The number of carboxylic acids is 1. The van der Waals surface area contributed by atoms with Crippen LogP contribution in [0.2, 0.25) is 0 Å². The summed E-state index contributed by atoms with van der Waals surface area (Å²) in [5.41, 5.74) is 0. The largest absolute Gasteiger partial charge is 0.481 e. The maximum Gasteiger partial charge on any atom is 0.324 e. The molecule has 1 saturated heterocycles. The van der Waals surface area contributed by atoms with Gasteiger partial charge in [0, 0.05) is 6.54 Å². The van der Waals surface area contributed by atoms with Gasteiger partial charge >= 0.3 is 12.0 Å². The molecule has 1 rings (SSSR count). The van der Waals surface area contributed by atoms with Crippen molar-refractivity contribution >= 4 is 17.9 Å². The predicted octanol–water partition coefficient (Wildman–Crippen LogP) is -0.353. The first-order chi connectivity index (χ1) is 6.43. The molecule has 14 heavy (non-hydrogen) atoms. The van der Waals surface area contributed by atoms with E-state index in [0.29, 0.717) is 0 Å². The Morgan fingerprint density at radius 1 is 1.64 bits per heavy atom. The lowest BCUT2D eigenvalue weighted by Crippen LogP contribution is -2.38. The molecule has 2 N–H and O–H groups in total. The van der Waals surface area contributed by atoms with Gasteiger partial charge in [-0.15, -0.1) is 0 Å². The van der Waals surface area contributed by atoms with E-state index in [4.69, 9.17) is 5.11 Å². The zero-order valence-electron chi connectivity index (χ0n) is 7.98. The van der Waals surface area contributed by atoms with Gasteiger partial charge in [-0.05, 0) is 6.92 Å². The minimum absolute atomic E-state index is 0.0497. The number of amides is 3. The molecule has 0 saturated carbocycles. The van der Waals surface area contributed by atoms with E-state index in [1.54, 1.807) is 6.92 Å². The van der Waals surface area contributed by atoms with Crippen molar-refractivity contribution in [3.63, 3.8) is 0 Å². The summed E-state index contributed by atoms with van der Waals surface area (Å²) >= 11 is 0. The molecule has 78 valence electrons. The van der Waals surface area contributed by atoms with Crippen LogP contribution in [0.5, 0.6) is 0 Å². The lowest BCUT2D eigenvalue weighted by Gasteiger charge is -2.20. The third-order valence-electron chi connectivity index (χ3n) is 2.23. The summed E-state index contributed by atoms with van der Waals surface area (Å²) in [4.78, 5) is 33.9.